The largest absolute Gasteiger partial charge is 0.346 e. The molecule has 172 valence electrons. The Morgan fingerprint density at radius 3 is 2.69 bits per heavy atom. The van der Waals surface area contributed by atoms with Crippen LogP contribution in [0.25, 0.3) is 33.2 Å². The van der Waals surface area contributed by atoms with Gasteiger partial charge in [0.2, 0.25) is 0 Å². The number of aromatic amines is 2. The van der Waals surface area contributed by atoms with Gasteiger partial charge in [-0.15, -0.1) is 0 Å². The molecule has 0 atom stereocenters. The highest BCUT2D eigenvalue weighted by Gasteiger charge is 2.19. The smallest absolute Gasteiger partial charge is 0.197 e. The van der Waals surface area contributed by atoms with Gasteiger partial charge < -0.3 is 10.3 Å². The van der Waals surface area contributed by atoms with Crippen LogP contribution >= 0.6 is 0 Å². The van der Waals surface area contributed by atoms with E-state index in [2.05, 4.69) is 40.7 Å². The Bertz CT molecular complexity index is 1780. The Balaban J connectivity index is 1.28. The summed E-state index contributed by atoms with van der Waals surface area (Å²) < 4.78 is 25.8. The van der Waals surface area contributed by atoms with Crippen LogP contribution in [0.2, 0.25) is 0 Å². The molecule has 0 bridgehead atoms. The van der Waals surface area contributed by atoms with E-state index in [4.69, 9.17) is 0 Å². The minimum atomic E-state index is -3.58. The lowest BCUT2D eigenvalue weighted by Crippen LogP contribution is -2.05. The molecule has 0 saturated carbocycles. The van der Waals surface area contributed by atoms with Crippen molar-refractivity contribution in [3.63, 3.8) is 0 Å². The molecule has 35 heavy (non-hydrogen) atoms. The van der Waals surface area contributed by atoms with Crippen LogP contribution in [0.3, 0.4) is 0 Å². The second-order valence-electron chi connectivity index (χ2n) is 8.01. The van der Waals surface area contributed by atoms with E-state index in [9.17, 15) is 8.42 Å². The van der Waals surface area contributed by atoms with Gasteiger partial charge in [-0.05, 0) is 48.0 Å². The van der Waals surface area contributed by atoms with Crippen LogP contribution < -0.4 is 5.32 Å². The van der Waals surface area contributed by atoms with Gasteiger partial charge in [0.25, 0.3) is 0 Å². The number of rotatable bonds is 6. The molecule has 6 aromatic rings. The van der Waals surface area contributed by atoms with Gasteiger partial charge in [0.05, 0.1) is 23.7 Å². The molecule has 0 radical (unpaired) electrons. The molecule has 3 N–H and O–H groups in total. The average molecular weight is 483 g/mol. The number of H-pyrrole nitrogens is 2. The van der Waals surface area contributed by atoms with Crippen molar-refractivity contribution in [2.75, 3.05) is 5.32 Å². The van der Waals surface area contributed by atoms with Crippen molar-refractivity contribution in [2.24, 2.45) is 0 Å². The van der Waals surface area contributed by atoms with Crippen molar-refractivity contribution in [3.8, 4) is 11.4 Å². The van der Waals surface area contributed by atoms with Crippen molar-refractivity contribution in [1.82, 2.24) is 35.3 Å². The number of fused-ring (bicyclic) bond motifs is 2. The second kappa shape index (κ2) is 8.29. The molecule has 11 heteroatoms. The Kier molecular flexibility index (Phi) is 4.96. The molecule has 4 heterocycles. The number of benzene rings is 2. The Morgan fingerprint density at radius 1 is 0.857 bits per heavy atom. The first kappa shape index (κ1) is 20.9. The molecule has 10 nitrogen and oxygen atoms in total. The summed E-state index contributed by atoms with van der Waals surface area (Å²) in [4.78, 5) is 12.1. The predicted molar refractivity (Wildman–Crippen MR) is 132 cm³/mol. The molecule has 0 aliphatic heterocycles. The van der Waals surface area contributed by atoms with Gasteiger partial charge in [0.15, 0.2) is 15.7 Å². The molecule has 4 aromatic heterocycles. The lowest BCUT2D eigenvalue weighted by molar-refractivity contribution is 0.592. The van der Waals surface area contributed by atoms with Crippen molar-refractivity contribution >= 4 is 43.1 Å². The SMILES string of the molecule is O=S(=O)(Cc1ccnnc1)c1cc2ccc(-c3nccc(Nc4ccc5[nH]ncc5c4)n3)cc2[nH]1. The summed E-state index contributed by atoms with van der Waals surface area (Å²) in [5.41, 5.74) is 3.85. The average Bonchev–Trinajstić information content (AvgIpc) is 3.51. The zero-order valence-corrected chi connectivity index (χ0v) is 19.0. The number of sulfone groups is 1. The second-order valence-corrected chi connectivity index (χ2v) is 9.97. The number of anilines is 2. The molecule has 6 rings (SSSR count). The first-order valence-corrected chi connectivity index (χ1v) is 12.3. The Morgan fingerprint density at radius 2 is 1.80 bits per heavy atom. The number of hydrogen-bond donors (Lipinski definition) is 3. The third kappa shape index (κ3) is 4.20. The Hall–Kier alpha value is -4.64. The van der Waals surface area contributed by atoms with Crippen molar-refractivity contribution in [2.45, 2.75) is 10.8 Å². The van der Waals surface area contributed by atoms with Crippen molar-refractivity contribution < 1.29 is 8.42 Å². The van der Waals surface area contributed by atoms with E-state index < -0.39 is 9.84 Å². The fraction of sp³-hybridized carbons (Fsp3) is 0.0417. The van der Waals surface area contributed by atoms with Crippen molar-refractivity contribution in [3.05, 3.63) is 84.9 Å². The standard InChI is InChI=1S/C24H18N8O2S/c33-35(34,14-15-5-8-26-27-12-15)23-11-16-1-2-17(10-21(16)30-23)24-25-7-6-22(31-24)29-19-3-4-20-18(9-19)13-28-32-20/h1-13,30H,14H2,(H,28,32)(H,25,29,31). The number of aromatic nitrogens is 7. The topological polar surface area (TPSA) is 142 Å². The van der Waals surface area contributed by atoms with Crippen LogP contribution in [0.15, 0.2) is 84.4 Å². The summed E-state index contributed by atoms with van der Waals surface area (Å²) >= 11 is 0. The molecule has 2 aromatic carbocycles. The van der Waals surface area contributed by atoms with E-state index in [1.54, 1.807) is 30.6 Å². The number of nitrogens with one attached hydrogen (secondary N) is 3. The summed E-state index contributed by atoms with van der Waals surface area (Å²) in [6.07, 6.45) is 6.36. The van der Waals surface area contributed by atoms with Crippen LogP contribution in [0.5, 0.6) is 0 Å². The summed E-state index contributed by atoms with van der Waals surface area (Å²) in [6.45, 7) is 0. The highest BCUT2D eigenvalue weighted by molar-refractivity contribution is 7.90. The first-order chi connectivity index (χ1) is 17.0. The molecule has 0 saturated heterocycles. The monoisotopic (exact) mass is 482 g/mol. The minimum Gasteiger partial charge on any atom is -0.346 e. The lowest BCUT2D eigenvalue weighted by Gasteiger charge is -2.07. The minimum absolute atomic E-state index is 0.146. The van der Waals surface area contributed by atoms with E-state index in [-0.39, 0.29) is 10.8 Å². The maximum Gasteiger partial charge on any atom is 0.197 e. The van der Waals surface area contributed by atoms with E-state index >= 15 is 0 Å². The van der Waals surface area contributed by atoms with Crippen LogP contribution in [-0.4, -0.2) is 43.8 Å². The van der Waals surface area contributed by atoms with Gasteiger partial charge >= 0.3 is 0 Å². The maximum atomic E-state index is 12.9. The lowest BCUT2D eigenvalue weighted by atomic mass is 10.1. The number of hydrogen-bond acceptors (Lipinski definition) is 8. The summed E-state index contributed by atoms with van der Waals surface area (Å²) in [7, 11) is -3.58. The molecular formula is C24H18N8O2S. The summed E-state index contributed by atoms with van der Waals surface area (Å²) in [6, 6.07) is 16.5. The molecule has 0 aliphatic rings. The number of nitrogens with zero attached hydrogens (tertiary/aromatic N) is 5. The van der Waals surface area contributed by atoms with E-state index in [0.29, 0.717) is 22.7 Å². The highest BCUT2D eigenvalue weighted by Crippen LogP contribution is 2.27. The van der Waals surface area contributed by atoms with Crippen LogP contribution in [0.4, 0.5) is 11.5 Å². The van der Waals surface area contributed by atoms with E-state index in [1.807, 2.05) is 36.4 Å². The quantitative estimate of drug-likeness (QED) is 0.323. The zero-order chi connectivity index (χ0) is 23.8. The Labute approximate surface area is 199 Å². The first-order valence-electron chi connectivity index (χ1n) is 10.7. The normalized spacial score (nSPS) is 11.8. The van der Waals surface area contributed by atoms with E-state index in [1.165, 1.54) is 12.4 Å². The molecule has 0 fully saturated rings. The third-order valence-electron chi connectivity index (χ3n) is 5.56. The molecule has 0 amide bonds. The maximum absolute atomic E-state index is 12.9. The van der Waals surface area contributed by atoms with Gasteiger partial charge in [0.1, 0.15) is 10.8 Å². The molecule has 0 unspecified atom stereocenters. The van der Waals surface area contributed by atoms with Gasteiger partial charge in [-0.25, -0.2) is 18.4 Å². The fourth-order valence-electron chi connectivity index (χ4n) is 3.84. The van der Waals surface area contributed by atoms with Crippen molar-refractivity contribution in [1.29, 1.82) is 0 Å². The highest BCUT2D eigenvalue weighted by atomic mass is 32.2. The zero-order valence-electron chi connectivity index (χ0n) is 18.2. The van der Waals surface area contributed by atoms with E-state index in [0.717, 1.165) is 27.5 Å². The third-order valence-corrected chi connectivity index (χ3v) is 7.16. The van der Waals surface area contributed by atoms with Gasteiger partial charge in [-0.1, -0.05) is 12.1 Å². The molecule has 0 spiro atoms. The van der Waals surface area contributed by atoms with Gasteiger partial charge in [-0.2, -0.15) is 15.3 Å². The summed E-state index contributed by atoms with van der Waals surface area (Å²) in [5.74, 6) is 0.991. The van der Waals surface area contributed by atoms with Crippen LogP contribution in [0, 0.1) is 0 Å². The summed E-state index contributed by atoms with van der Waals surface area (Å²) in [5, 5.41) is 19.6. The fourth-order valence-corrected chi connectivity index (χ4v) is 5.18. The molecule has 0 aliphatic carbocycles. The van der Waals surface area contributed by atoms with Crippen LogP contribution in [0.1, 0.15) is 5.56 Å². The predicted octanol–water partition coefficient (Wildman–Crippen LogP) is 4.01. The van der Waals surface area contributed by atoms with Gasteiger partial charge in [-0.3, -0.25) is 5.10 Å². The van der Waals surface area contributed by atoms with Gasteiger partial charge in [0, 0.05) is 39.9 Å². The molecular weight excluding hydrogens is 464 g/mol. The van der Waals surface area contributed by atoms with Crippen LogP contribution in [-0.2, 0) is 15.6 Å².